The molecule has 1 heterocycles. The van der Waals surface area contributed by atoms with E-state index in [1.54, 1.807) is 39.0 Å². The molecule has 11 rings (SSSR count). The molecule has 1 saturated heterocycles. The van der Waals surface area contributed by atoms with Crippen LogP contribution in [0.25, 0.3) is 11.1 Å². The van der Waals surface area contributed by atoms with Crippen LogP contribution in [-0.2, 0) is 49.5 Å². The molecule has 1 aliphatic heterocycles. The highest BCUT2D eigenvalue weighted by atomic mass is 16.7. The zero-order valence-corrected chi connectivity index (χ0v) is 39.4. The maximum Gasteiger partial charge on any atom is 0.414 e. The van der Waals surface area contributed by atoms with Gasteiger partial charge < -0.3 is 24.8 Å². The summed E-state index contributed by atoms with van der Waals surface area (Å²) in [5.74, 6) is -2.23. The van der Waals surface area contributed by atoms with E-state index in [1.165, 1.54) is 97.6 Å². The van der Waals surface area contributed by atoms with Crippen molar-refractivity contribution >= 4 is 28.9 Å². The van der Waals surface area contributed by atoms with Gasteiger partial charge in [-0.15, -0.1) is 0 Å². The highest BCUT2D eigenvalue weighted by Gasteiger charge is 2.63. The molecule has 3 aromatic rings. The third kappa shape index (κ3) is 9.48. The summed E-state index contributed by atoms with van der Waals surface area (Å²) in [5.41, 5.74) is 20.2. The number of ketones is 1. The fourth-order valence-electron chi connectivity index (χ4n) is 12.6. The van der Waals surface area contributed by atoms with Crippen molar-refractivity contribution in [3.05, 3.63) is 116 Å². The fourth-order valence-corrected chi connectivity index (χ4v) is 12.6. The van der Waals surface area contributed by atoms with Gasteiger partial charge in [0.25, 0.3) is 0 Å². The summed E-state index contributed by atoms with van der Waals surface area (Å²) in [7, 11) is 0. The van der Waals surface area contributed by atoms with Gasteiger partial charge in [-0.25, -0.2) is 9.59 Å². The number of hydrogen-bond donors (Lipinski definition) is 3. The number of ether oxygens (including phenoxy) is 2. The van der Waals surface area contributed by atoms with Gasteiger partial charge in [-0.3, -0.25) is 4.79 Å². The molecular weight excluding hydrogens is 801 g/mol. The molecule has 64 heavy (non-hydrogen) atoms. The Morgan fingerprint density at radius 1 is 0.609 bits per heavy atom. The number of benzene rings is 3. The maximum atomic E-state index is 12.3. The Morgan fingerprint density at radius 3 is 1.66 bits per heavy atom. The second-order valence-corrected chi connectivity index (χ2v) is 20.0. The van der Waals surface area contributed by atoms with E-state index in [0.29, 0.717) is 24.2 Å². The lowest BCUT2D eigenvalue weighted by Gasteiger charge is -2.47. The molecule has 8 nitrogen and oxygen atoms in total. The van der Waals surface area contributed by atoms with E-state index in [1.807, 2.05) is 6.92 Å². The summed E-state index contributed by atoms with van der Waals surface area (Å²) < 4.78 is 12.4. The third-order valence-electron chi connectivity index (χ3n) is 16.0. The molecule has 2 saturated carbocycles. The van der Waals surface area contributed by atoms with Crippen LogP contribution in [-0.4, -0.2) is 58.6 Å². The number of carbonyl (C=O) groups is 3. The van der Waals surface area contributed by atoms with Crippen molar-refractivity contribution in [3.63, 3.8) is 0 Å². The van der Waals surface area contributed by atoms with E-state index in [0.717, 1.165) is 58.2 Å². The highest BCUT2D eigenvalue weighted by Crippen LogP contribution is 2.64. The number of rotatable bonds is 1. The SMILES string of the molecule is CCCO.Cc1ccc2c(c1)CCC1=C2CC[C@@]2(C)[C@H]1CCC21OCCO1.Cc1ccc2c(c1)CCC1=C2CC[C@]2(C)C(=O)CC[C@@H]12.Cc1ccc2c(c1)CCCC2.O=C(O)C(=O)O. The van der Waals surface area contributed by atoms with E-state index >= 15 is 0 Å². The van der Waals surface area contributed by atoms with Crippen LogP contribution in [0.5, 0.6) is 0 Å². The molecule has 7 aliphatic carbocycles. The average molecular weight is 873 g/mol. The lowest BCUT2D eigenvalue weighted by molar-refractivity contribution is -0.225. The van der Waals surface area contributed by atoms with Crippen molar-refractivity contribution in [3.8, 4) is 0 Å². The standard InChI is InChI=1S/C21H26O2.C19H22O.C11H14.C3H8O.C2H2O4/c1-14-3-5-16-15(13-14)4-6-18-17(16)7-9-20(2)19(18)8-10-21(20)22-11-12-23-21;1-12-3-5-14-13(11-12)4-6-16-15(14)9-10-19(2)17(16)7-8-18(19)20;1-9-6-7-10-4-2-3-5-11(10)8-9;1-2-3-4;3-1(4)2(5)6/h3,5,13,19H,4,6-12H2,1-2H3;3,5,11,17H,4,6-10H2,1-2H3;6-8H,2-5H2,1H3;4H,2-3H2,1H3;(H,3,4)(H,5,6)/t19-,20-;17-,19-;;;/m00.../s1. The number of carboxylic acid groups (broad SMARTS) is 2. The average Bonchev–Trinajstić information content (AvgIpc) is 3.99. The van der Waals surface area contributed by atoms with E-state index in [-0.39, 0.29) is 16.6 Å². The van der Waals surface area contributed by atoms with Crippen molar-refractivity contribution in [1.82, 2.24) is 0 Å². The van der Waals surface area contributed by atoms with Crippen molar-refractivity contribution < 1.29 is 39.2 Å². The van der Waals surface area contributed by atoms with Gasteiger partial charge >= 0.3 is 11.9 Å². The van der Waals surface area contributed by atoms with E-state index < -0.39 is 11.9 Å². The first-order valence-electron chi connectivity index (χ1n) is 24.2. The summed E-state index contributed by atoms with van der Waals surface area (Å²) >= 11 is 0. The number of hydrogen-bond acceptors (Lipinski definition) is 6. The van der Waals surface area contributed by atoms with E-state index in [4.69, 9.17) is 34.4 Å². The van der Waals surface area contributed by atoms with Crippen LogP contribution in [0.1, 0.15) is 154 Å². The summed E-state index contributed by atoms with van der Waals surface area (Å²) in [6.45, 7) is 15.0. The summed E-state index contributed by atoms with van der Waals surface area (Å²) in [6.07, 6.45) is 19.8. The Kier molecular flexibility index (Phi) is 14.9. The van der Waals surface area contributed by atoms with Crippen molar-refractivity contribution in [2.75, 3.05) is 19.8 Å². The minimum atomic E-state index is -1.82. The van der Waals surface area contributed by atoms with Gasteiger partial charge in [0.15, 0.2) is 5.79 Å². The highest BCUT2D eigenvalue weighted by molar-refractivity contribution is 6.27. The molecule has 344 valence electrons. The number of allylic oxidation sites excluding steroid dienone is 4. The minimum Gasteiger partial charge on any atom is -0.473 e. The lowest BCUT2D eigenvalue weighted by atomic mass is 9.61. The van der Waals surface area contributed by atoms with Gasteiger partial charge in [-0.05, 0) is 173 Å². The molecule has 3 aromatic carbocycles. The van der Waals surface area contributed by atoms with Gasteiger partial charge in [0.05, 0.1) is 13.2 Å². The minimum absolute atomic E-state index is 0.0406. The quantitative estimate of drug-likeness (QED) is 0.206. The normalized spacial score (nSPS) is 26.3. The molecule has 0 unspecified atom stereocenters. The molecule has 8 heteroatoms. The molecule has 8 aliphatic rings. The van der Waals surface area contributed by atoms with Crippen LogP contribution in [0.15, 0.2) is 65.7 Å². The topological polar surface area (TPSA) is 130 Å². The van der Waals surface area contributed by atoms with Gasteiger partial charge in [0.1, 0.15) is 5.78 Å². The predicted octanol–water partition coefficient (Wildman–Crippen LogP) is 11.5. The summed E-state index contributed by atoms with van der Waals surface area (Å²) in [4.78, 5) is 30.5. The summed E-state index contributed by atoms with van der Waals surface area (Å²) in [5, 5.41) is 22.7. The van der Waals surface area contributed by atoms with Gasteiger partial charge in [0, 0.05) is 30.3 Å². The number of carbonyl (C=O) groups excluding carboxylic acids is 1. The summed E-state index contributed by atoms with van der Waals surface area (Å²) in [6, 6.07) is 20.8. The van der Waals surface area contributed by atoms with Crippen LogP contribution in [0.4, 0.5) is 0 Å². The lowest BCUT2D eigenvalue weighted by Crippen LogP contribution is -2.48. The van der Waals surface area contributed by atoms with Crippen LogP contribution in [0.3, 0.4) is 0 Å². The number of aliphatic carboxylic acids is 2. The molecule has 4 atom stereocenters. The first kappa shape index (κ1) is 47.6. The molecule has 3 fully saturated rings. The Balaban J connectivity index is 0.000000135. The molecular formula is C56H72O8. The molecule has 1 spiro atoms. The van der Waals surface area contributed by atoms with Crippen molar-refractivity contribution in [1.29, 1.82) is 0 Å². The Hall–Kier alpha value is -4.37. The van der Waals surface area contributed by atoms with Crippen LogP contribution in [0.2, 0.25) is 0 Å². The van der Waals surface area contributed by atoms with E-state index in [2.05, 4.69) is 89.2 Å². The van der Waals surface area contributed by atoms with Crippen LogP contribution >= 0.6 is 0 Å². The number of aliphatic hydroxyl groups is 1. The Labute approximate surface area is 381 Å². The third-order valence-corrected chi connectivity index (χ3v) is 16.0. The van der Waals surface area contributed by atoms with E-state index in [9.17, 15) is 4.79 Å². The predicted molar refractivity (Wildman–Crippen MR) is 253 cm³/mol. The van der Waals surface area contributed by atoms with Crippen molar-refractivity contribution in [2.45, 2.75) is 156 Å². The molecule has 0 aromatic heterocycles. The number of Topliss-reactive ketones (excluding diaryl/α,β-unsaturated/α-hetero) is 1. The zero-order valence-electron chi connectivity index (χ0n) is 39.4. The van der Waals surface area contributed by atoms with Gasteiger partial charge in [-0.1, -0.05) is 103 Å². The fraction of sp³-hybridized carbons (Fsp3) is 0.554. The Morgan fingerprint density at radius 2 is 1.11 bits per heavy atom. The van der Waals surface area contributed by atoms with Crippen LogP contribution < -0.4 is 0 Å². The van der Waals surface area contributed by atoms with Gasteiger partial charge in [-0.2, -0.15) is 0 Å². The van der Waals surface area contributed by atoms with Crippen LogP contribution in [0, 0.1) is 43.4 Å². The number of fused-ring (bicyclic) bond motifs is 10. The zero-order chi connectivity index (χ0) is 45.8. The number of carboxylic acids is 2. The largest absolute Gasteiger partial charge is 0.473 e. The second kappa shape index (κ2) is 20.0. The first-order valence-corrected chi connectivity index (χ1v) is 24.2. The molecule has 0 radical (unpaired) electrons. The number of aliphatic hydroxyl groups excluding tert-OH is 1. The Bertz CT molecular complexity index is 2280. The first-order chi connectivity index (χ1) is 30.6. The number of aryl methyl sites for hydroxylation is 7. The molecule has 0 bridgehead atoms. The second-order valence-electron chi connectivity index (χ2n) is 20.0. The smallest absolute Gasteiger partial charge is 0.414 e. The maximum absolute atomic E-state index is 12.3. The monoisotopic (exact) mass is 873 g/mol. The molecule has 0 amide bonds. The molecule has 3 N–H and O–H groups in total. The van der Waals surface area contributed by atoms with Gasteiger partial charge in [0.2, 0.25) is 0 Å². The van der Waals surface area contributed by atoms with Crippen molar-refractivity contribution in [2.24, 2.45) is 22.7 Å².